The van der Waals surface area contributed by atoms with Gasteiger partial charge in [0.25, 0.3) is 0 Å². The maximum Gasteiger partial charge on any atom is 0.220 e. The Labute approximate surface area is 313 Å². The van der Waals surface area contributed by atoms with Crippen LogP contribution in [0.3, 0.4) is 0 Å². The molecule has 2 spiro atoms. The second-order valence-corrected chi connectivity index (χ2v) is 15.2. The van der Waals surface area contributed by atoms with E-state index in [1.807, 2.05) is 66.7 Å². The van der Waals surface area contributed by atoms with E-state index in [1.165, 1.54) is 0 Å². The van der Waals surface area contributed by atoms with Gasteiger partial charge in [-0.3, -0.25) is 19.4 Å². The van der Waals surface area contributed by atoms with Crippen LogP contribution < -0.4 is 24.8 Å². The van der Waals surface area contributed by atoms with E-state index in [9.17, 15) is 9.59 Å². The van der Waals surface area contributed by atoms with Crippen LogP contribution in [0.2, 0.25) is 10.0 Å². The normalized spacial score (nSPS) is 18.9. The van der Waals surface area contributed by atoms with E-state index in [-0.39, 0.29) is 22.9 Å². The number of methoxy groups -OCH3 is 2. The number of ether oxygens (including phenoxy) is 3. The summed E-state index contributed by atoms with van der Waals surface area (Å²) in [4.78, 5) is 32.9. The summed E-state index contributed by atoms with van der Waals surface area (Å²) in [6.45, 7) is 5.33. The zero-order valence-electron chi connectivity index (χ0n) is 29.3. The number of nitrogens with one attached hydrogen (secondary N) is 2. The van der Waals surface area contributed by atoms with Gasteiger partial charge in [-0.1, -0.05) is 71.7 Å². The zero-order valence-corrected chi connectivity index (χ0v) is 30.8. The summed E-state index contributed by atoms with van der Waals surface area (Å²) in [5.74, 6) is 2.11. The van der Waals surface area contributed by atoms with E-state index in [0.717, 1.165) is 78.9 Å². The molecule has 270 valence electrons. The minimum absolute atomic E-state index is 0.0395. The largest absolute Gasteiger partial charge is 0.493 e. The molecule has 0 unspecified atom stereocenters. The molecule has 4 saturated heterocycles. The van der Waals surface area contributed by atoms with Gasteiger partial charge in [0, 0.05) is 79.9 Å². The summed E-state index contributed by atoms with van der Waals surface area (Å²) in [7, 11) is 3.26. The van der Waals surface area contributed by atoms with Gasteiger partial charge in [-0.2, -0.15) is 0 Å². The minimum Gasteiger partial charge on any atom is -0.493 e. The van der Waals surface area contributed by atoms with Crippen molar-refractivity contribution in [2.24, 2.45) is 0 Å². The number of carbonyl (C=O) groups excluding carboxylic acids is 2. The highest BCUT2D eigenvalue weighted by atomic mass is 35.5. The Morgan fingerprint density at radius 1 is 0.731 bits per heavy atom. The molecule has 2 amide bonds. The first kappa shape index (κ1) is 34.7. The summed E-state index contributed by atoms with van der Waals surface area (Å²) < 4.78 is 17.6. The van der Waals surface area contributed by atoms with Gasteiger partial charge in [-0.15, -0.1) is 0 Å². The molecule has 12 heteroatoms. The number of amides is 2. The van der Waals surface area contributed by atoms with Gasteiger partial charge >= 0.3 is 0 Å². The van der Waals surface area contributed by atoms with Crippen molar-refractivity contribution in [3.05, 3.63) is 82.3 Å². The van der Waals surface area contributed by atoms with Crippen LogP contribution in [0.1, 0.15) is 31.2 Å². The first-order valence-corrected chi connectivity index (χ1v) is 18.4. The predicted molar refractivity (Wildman–Crippen MR) is 201 cm³/mol. The fourth-order valence-electron chi connectivity index (χ4n) is 8.21. The molecular formula is C40H41Cl2N5O5. The lowest BCUT2D eigenvalue weighted by atomic mass is 9.88. The third kappa shape index (κ3) is 6.58. The van der Waals surface area contributed by atoms with E-state index in [1.54, 1.807) is 14.2 Å². The molecule has 3 aromatic carbocycles. The molecule has 0 bridgehead atoms. The molecule has 4 aliphatic rings. The lowest BCUT2D eigenvalue weighted by Gasteiger charge is -2.48. The van der Waals surface area contributed by atoms with E-state index in [0.29, 0.717) is 59.1 Å². The number of benzene rings is 3. The van der Waals surface area contributed by atoms with Crippen LogP contribution >= 0.6 is 23.2 Å². The van der Waals surface area contributed by atoms with Crippen molar-refractivity contribution in [1.29, 1.82) is 0 Å². The van der Waals surface area contributed by atoms with Crippen molar-refractivity contribution >= 4 is 35.0 Å². The van der Waals surface area contributed by atoms with E-state index in [4.69, 9.17) is 42.4 Å². The Balaban J connectivity index is 0.969. The first-order chi connectivity index (χ1) is 25.2. The maximum absolute atomic E-state index is 11.8. The van der Waals surface area contributed by atoms with Crippen LogP contribution in [0.15, 0.2) is 66.7 Å². The molecule has 2 N–H and O–H groups in total. The molecular weight excluding hydrogens is 701 g/mol. The van der Waals surface area contributed by atoms with Crippen molar-refractivity contribution in [2.75, 3.05) is 53.6 Å². The summed E-state index contributed by atoms with van der Waals surface area (Å²) in [5, 5.41) is 7.36. The highest BCUT2D eigenvalue weighted by Gasteiger charge is 2.48. The maximum atomic E-state index is 11.8. The second kappa shape index (κ2) is 13.9. The van der Waals surface area contributed by atoms with Crippen LogP contribution in [0, 0.1) is 0 Å². The highest BCUT2D eigenvalue weighted by molar-refractivity contribution is 6.39. The van der Waals surface area contributed by atoms with E-state index < -0.39 is 0 Å². The number of nitrogens with zero attached hydrogens (tertiary/aromatic N) is 3. The summed E-state index contributed by atoms with van der Waals surface area (Å²) in [5.41, 5.74) is 5.63. The first-order valence-electron chi connectivity index (χ1n) is 17.7. The topological polar surface area (TPSA) is 105 Å². The Bertz CT molecular complexity index is 2050. The molecule has 52 heavy (non-hydrogen) atoms. The van der Waals surface area contributed by atoms with Crippen LogP contribution in [-0.2, 0) is 16.1 Å². The predicted octanol–water partition coefficient (Wildman–Crippen LogP) is 6.21. The van der Waals surface area contributed by atoms with Gasteiger partial charge in [-0.05, 0) is 36.6 Å². The standard InChI is InChI=1S/C40H41Cl2N5O5/c1-50-33-19-25(10-12-32(33)52-18-17-46-21-39(22-46)15-13-34(48)44-39)27-5-3-6-28(36(27)41)29-7-4-8-30(37(29)42)31-11-9-26(38(43-31)51-2)20-47-23-40(24-47)16-14-35(49)45-40/h3-12,19H,13-18,20-24H2,1-2H3,(H,44,48)(H,45,49). The Morgan fingerprint density at radius 2 is 1.35 bits per heavy atom. The summed E-state index contributed by atoms with van der Waals surface area (Å²) in [6, 6.07) is 21.6. The van der Waals surface area contributed by atoms with E-state index in [2.05, 4.69) is 20.4 Å². The lowest BCUT2D eigenvalue weighted by molar-refractivity contribution is -0.121. The van der Waals surface area contributed by atoms with Crippen molar-refractivity contribution in [2.45, 2.75) is 43.3 Å². The average Bonchev–Trinajstić information content (AvgIpc) is 3.71. The van der Waals surface area contributed by atoms with Crippen LogP contribution in [0.25, 0.3) is 33.5 Å². The molecule has 4 fully saturated rings. The molecule has 8 rings (SSSR count). The average molecular weight is 743 g/mol. The van der Waals surface area contributed by atoms with Crippen LogP contribution in [0.5, 0.6) is 17.4 Å². The molecule has 0 radical (unpaired) electrons. The third-order valence-electron chi connectivity index (χ3n) is 10.8. The Hall–Kier alpha value is -4.35. The Kier molecular flexibility index (Phi) is 9.28. The number of hydrogen-bond acceptors (Lipinski definition) is 8. The number of pyridine rings is 1. The van der Waals surface area contributed by atoms with Crippen LogP contribution in [-0.4, -0.2) is 91.2 Å². The number of likely N-dealkylation sites (tertiary alicyclic amines) is 2. The molecule has 0 atom stereocenters. The fraction of sp³-hybridized carbons (Fsp3) is 0.375. The van der Waals surface area contributed by atoms with Gasteiger partial charge in [0.1, 0.15) is 6.61 Å². The number of carbonyl (C=O) groups is 2. The quantitative estimate of drug-likeness (QED) is 0.187. The molecule has 0 aliphatic carbocycles. The highest BCUT2D eigenvalue weighted by Crippen LogP contribution is 2.44. The van der Waals surface area contributed by atoms with Crippen molar-refractivity contribution in [3.8, 4) is 50.9 Å². The second-order valence-electron chi connectivity index (χ2n) is 14.4. The summed E-state index contributed by atoms with van der Waals surface area (Å²) in [6.07, 6.45) is 3.02. The summed E-state index contributed by atoms with van der Waals surface area (Å²) >= 11 is 14.3. The SMILES string of the molecule is COc1cc(-c2cccc(-c3cccc(-c4ccc(CN5CC6(CCC(=O)N6)C5)c(OC)n4)c3Cl)c2Cl)ccc1OCCN1CC2(CCC(=O)N2)C1. The number of rotatable bonds is 11. The monoisotopic (exact) mass is 741 g/mol. The number of halogens is 2. The molecule has 5 heterocycles. The third-order valence-corrected chi connectivity index (χ3v) is 11.6. The number of hydrogen-bond donors (Lipinski definition) is 2. The van der Waals surface area contributed by atoms with Crippen molar-refractivity contribution in [3.63, 3.8) is 0 Å². The Morgan fingerprint density at radius 3 is 1.96 bits per heavy atom. The molecule has 4 aromatic rings. The molecule has 10 nitrogen and oxygen atoms in total. The van der Waals surface area contributed by atoms with E-state index >= 15 is 0 Å². The number of aromatic nitrogens is 1. The van der Waals surface area contributed by atoms with Gasteiger partial charge in [0.15, 0.2) is 11.5 Å². The van der Waals surface area contributed by atoms with Crippen molar-refractivity contribution in [1.82, 2.24) is 25.4 Å². The molecule has 1 aromatic heterocycles. The van der Waals surface area contributed by atoms with Gasteiger partial charge in [0.05, 0.1) is 41.0 Å². The fourth-order valence-corrected chi connectivity index (χ4v) is 8.87. The van der Waals surface area contributed by atoms with Crippen LogP contribution in [0.4, 0.5) is 0 Å². The zero-order chi connectivity index (χ0) is 36.0. The van der Waals surface area contributed by atoms with Gasteiger partial charge in [-0.25, -0.2) is 4.98 Å². The van der Waals surface area contributed by atoms with Crippen molar-refractivity contribution < 1.29 is 23.8 Å². The molecule has 4 aliphatic heterocycles. The minimum atomic E-state index is -0.0789. The van der Waals surface area contributed by atoms with Gasteiger partial charge in [0.2, 0.25) is 17.7 Å². The lowest BCUT2D eigenvalue weighted by Crippen LogP contribution is -2.67. The molecule has 0 saturated carbocycles. The smallest absolute Gasteiger partial charge is 0.220 e. The van der Waals surface area contributed by atoms with Gasteiger partial charge < -0.3 is 24.8 Å².